The molecule has 0 fully saturated rings. The van der Waals surface area contributed by atoms with Gasteiger partial charge in [-0.05, 0) is 48.1 Å². The fourth-order valence-corrected chi connectivity index (χ4v) is 2.54. The van der Waals surface area contributed by atoms with E-state index in [0.29, 0.717) is 6.61 Å². The fourth-order valence-electron chi connectivity index (χ4n) is 2.54. The van der Waals surface area contributed by atoms with Gasteiger partial charge in [0.25, 0.3) is 0 Å². The average molecular weight is 270 g/mol. The lowest BCUT2D eigenvalue weighted by Crippen LogP contribution is -1.99. The van der Waals surface area contributed by atoms with Crippen LogP contribution in [0.5, 0.6) is 0 Å². The molecule has 0 bridgehead atoms. The Morgan fingerprint density at radius 3 is 2.40 bits per heavy atom. The monoisotopic (exact) mass is 270 g/mol. The molecule has 0 unspecified atom stereocenters. The third-order valence-electron chi connectivity index (χ3n) is 3.60. The summed E-state index contributed by atoms with van der Waals surface area (Å²) in [6, 6.07) is 12.7. The Morgan fingerprint density at radius 1 is 1.00 bits per heavy atom. The van der Waals surface area contributed by atoms with Gasteiger partial charge in [-0.1, -0.05) is 42.0 Å². The van der Waals surface area contributed by atoms with Crippen molar-refractivity contribution >= 4 is 0 Å². The summed E-state index contributed by atoms with van der Waals surface area (Å²) in [6.07, 6.45) is 0.854. The van der Waals surface area contributed by atoms with Crippen molar-refractivity contribution in [2.24, 2.45) is 0 Å². The normalized spacial score (nSPS) is 10.8. The number of hydrogen-bond acceptors (Lipinski definition) is 2. The van der Waals surface area contributed by atoms with Crippen LogP contribution < -0.4 is 0 Å². The van der Waals surface area contributed by atoms with E-state index in [9.17, 15) is 5.11 Å². The summed E-state index contributed by atoms with van der Waals surface area (Å²) in [7, 11) is 1.71. The van der Waals surface area contributed by atoms with Crippen LogP contribution in [0.2, 0.25) is 0 Å². The second kappa shape index (κ2) is 6.69. The third kappa shape index (κ3) is 3.27. The van der Waals surface area contributed by atoms with Crippen LogP contribution in [0.25, 0.3) is 11.1 Å². The first-order chi connectivity index (χ1) is 9.65. The highest BCUT2D eigenvalue weighted by atomic mass is 16.5. The Bertz CT molecular complexity index is 588. The molecule has 0 atom stereocenters. The molecule has 0 saturated heterocycles. The molecule has 2 aromatic carbocycles. The third-order valence-corrected chi connectivity index (χ3v) is 3.60. The molecular formula is C18H22O2. The molecule has 0 spiro atoms. The van der Waals surface area contributed by atoms with Gasteiger partial charge in [-0.2, -0.15) is 0 Å². The van der Waals surface area contributed by atoms with Crippen molar-refractivity contribution in [2.75, 3.05) is 13.7 Å². The number of aliphatic hydroxyl groups is 1. The van der Waals surface area contributed by atoms with Crippen LogP contribution >= 0.6 is 0 Å². The van der Waals surface area contributed by atoms with Crippen LogP contribution in [0, 0.1) is 13.8 Å². The highest BCUT2D eigenvalue weighted by Gasteiger charge is 2.09. The predicted octanol–water partition coefficient (Wildman–Crippen LogP) is 3.65. The molecule has 0 aliphatic rings. The summed E-state index contributed by atoms with van der Waals surface area (Å²) in [5.41, 5.74) is 7.22. The van der Waals surface area contributed by atoms with Gasteiger partial charge in [0.1, 0.15) is 0 Å². The Labute approximate surface area is 121 Å². The molecule has 0 amide bonds. The lowest BCUT2D eigenvalue weighted by molar-refractivity contribution is 0.202. The maximum Gasteiger partial charge on any atom is 0.0681 e. The van der Waals surface area contributed by atoms with E-state index in [4.69, 9.17) is 4.74 Å². The number of benzene rings is 2. The Hall–Kier alpha value is -1.64. The van der Waals surface area contributed by atoms with Gasteiger partial charge in [-0.25, -0.2) is 0 Å². The van der Waals surface area contributed by atoms with Gasteiger partial charge in [0.2, 0.25) is 0 Å². The van der Waals surface area contributed by atoms with Gasteiger partial charge in [0, 0.05) is 7.11 Å². The van der Waals surface area contributed by atoms with Gasteiger partial charge < -0.3 is 9.84 Å². The minimum atomic E-state index is 0.0765. The van der Waals surface area contributed by atoms with E-state index in [0.717, 1.165) is 12.0 Å². The minimum Gasteiger partial charge on any atom is -0.392 e. The molecule has 2 heteroatoms. The summed E-state index contributed by atoms with van der Waals surface area (Å²) in [6.45, 7) is 5.01. The quantitative estimate of drug-likeness (QED) is 0.898. The average Bonchev–Trinajstić information content (AvgIpc) is 2.45. The van der Waals surface area contributed by atoms with E-state index >= 15 is 0 Å². The van der Waals surface area contributed by atoms with Crippen molar-refractivity contribution in [3.8, 4) is 11.1 Å². The van der Waals surface area contributed by atoms with Crippen LogP contribution in [0.3, 0.4) is 0 Å². The zero-order valence-corrected chi connectivity index (χ0v) is 12.4. The van der Waals surface area contributed by atoms with E-state index in [2.05, 4.69) is 44.2 Å². The van der Waals surface area contributed by atoms with Gasteiger partial charge >= 0.3 is 0 Å². The van der Waals surface area contributed by atoms with Crippen LogP contribution in [-0.2, 0) is 17.8 Å². The summed E-state index contributed by atoms with van der Waals surface area (Å²) in [5.74, 6) is 0. The number of hydrogen-bond donors (Lipinski definition) is 1. The molecule has 0 radical (unpaired) electrons. The number of aryl methyl sites for hydroxylation is 2. The minimum absolute atomic E-state index is 0.0765. The summed E-state index contributed by atoms with van der Waals surface area (Å²) >= 11 is 0. The lowest BCUT2D eigenvalue weighted by Gasteiger charge is -2.14. The van der Waals surface area contributed by atoms with E-state index in [-0.39, 0.29) is 6.61 Å². The van der Waals surface area contributed by atoms with Crippen molar-refractivity contribution in [1.29, 1.82) is 0 Å². The molecule has 1 N–H and O–H groups in total. The SMILES string of the molecule is COCCc1cc(CO)ccc1-c1ccc(C)cc1C. The number of methoxy groups -OCH3 is 1. The molecule has 2 rings (SSSR count). The fraction of sp³-hybridized carbons (Fsp3) is 0.333. The van der Waals surface area contributed by atoms with Gasteiger partial charge in [-0.15, -0.1) is 0 Å². The van der Waals surface area contributed by atoms with E-state index < -0.39 is 0 Å². The van der Waals surface area contributed by atoms with Gasteiger partial charge in [-0.3, -0.25) is 0 Å². The standard InChI is InChI=1S/C18H22O2/c1-13-4-6-17(14(2)10-13)18-7-5-15(12-19)11-16(18)8-9-20-3/h4-7,10-11,19H,8-9,12H2,1-3H3. The van der Waals surface area contributed by atoms with Crippen molar-refractivity contribution in [3.63, 3.8) is 0 Å². The van der Waals surface area contributed by atoms with Crippen LogP contribution in [0.4, 0.5) is 0 Å². The number of ether oxygens (including phenoxy) is 1. The van der Waals surface area contributed by atoms with Crippen LogP contribution in [0.15, 0.2) is 36.4 Å². The largest absolute Gasteiger partial charge is 0.392 e. The Balaban J connectivity index is 2.48. The number of rotatable bonds is 5. The first-order valence-corrected chi connectivity index (χ1v) is 6.95. The second-order valence-electron chi connectivity index (χ2n) is 5.21. The van der Waals surface area contributed by atoms with Crippen molar-refractivity contribution < 1.29 is 9.84 Å². The smallest absolute Gasteiger partial charge is 0.0681 e. The highest BCUT2D eigenvalue weighted by Crippen LogP contribution is 2.29. The zero-order chi connectivity index (χ0) is 14.5. The predicted molar refractivity (Wildman–Crippen MR) is 82.9 cm³/mol. The molecule has 106 valence electrons. The maximum atomic E-state index is 9.31. The zero-order valence-electron chi connectivity index (χ0n) is 12.4. The lowest BCUT2D eigenvalue weighted by atomic mass is 9.92. The molecule has 0 aliphatic heterocycles. The molecule has 0 saturated carbocycles. The first-order valence-electron chi connectivity index (χ1n) is 6.95. The molecular weight excluding hydrogens is 248 g/mol. The Kier molecular flexibility index (Phi) is 4.94. The number of aliphatic hydroxyl groups excluding tert-OH is 1. The highest BCUT2D eigenvalue weighted by molar-refractivity contribution is 5.71. The Morgan fingerprint density at radius 2 is 1.75 bits per heavy atom. The summed E-state index contributed by atoms with van der Waals surface area (Å²) in [4.78, 5) is 0. The van der Waals surface area contributed by atoms with Crippen molar-refractivity contribution in [3.05, 3.63) is 58.7 Å². The van der Waals surface area contributed by atoms with Crippen LogP contribution in [-0.4, -0.2) is 18.8 Å². The molecule has 0 aromatic heterocycles. The summed E-state index contributed by atoms with van der Waals surface area (Å²) in [5, 5.41) is 9.31. The molecule has 0 heterocycles. The van der Waals surface area contributed by atoms with Crippen molar-refractivity contribution in [2.45, 2.75) is 26.9 Å². The molecule has 20 heavy (non-hydrogen) atoms. The molecule has 0 aliphatic carbocycles. The second-order valence-corrected chi connectivity index (χ2v) is 5.21. The summed E-state index contributed by atoms with van der Waals surface area (Å²) < 4.78 is 5.20. The van der Waals surface area contributed by atoms with E-state index in [1.54, 1.807) is 7.11 Å². The molecule has 2 aromatic rings. The molecule has 2 nitrogen and oxygen atoms in total. The van der Waals surface area contributed by atoms with E-state index in [1.807, 2.05) is 6.07 Å². The van der Waals surface area contributed by atoms with Gasteiger partial charge in [0.15, 0.2) is 0 Å². The van der Waals surface area contributed by atoms with E-state index in [1.165, 1.54) is 27.8 Å². The maximum absolute atomic E-state index is 9.31. The first kappa shape index (κ1) is 14.8. The topological polar surface area (TPSA) is 29.5 Å². The van der Waals surface area contributed by atoms with Crippen molar-refractivity contribution in [1.82, 2.24) is 0 Å². The van der Waals surface area contributed by atoms with Crippen LogP contribution in [0.1, 0.15) is 22.3 Å². The van der Waals surface area contributed by atoms with Gasteiger partial charge in [0.05, 0.1) is 13.2 Å².